The monoisotopic (exact) mass is 430 g/mol. The van der Waals surface area contributed by atoms with E-state index in [1.54, 1.807) is 36.1 Å². The maximum atomic E-state index is 13.5. The summed E-state index contributed by atoms with van der Waals surface area (Å²) in [7, 11) is -3.85. The van der Waals surface area contributed by atoms with E-state index in [9.17, 15) is 13.2 Å². The molecule has 0 aliphatic carbocycles. The summed E-state index contributed by atoms with van der Waals surface area (Å²) in [5, 5.41) is 0. The Morgan fingerprint density at radius 1 is 1.03 bits per heavy atom. The van der Waals surface area contributed by atoms with Gasteiger partial charge in [-0.1, -0.05) is 36.4 Å². The van der Waals surface area contributed by atoms with Crippen molar-refractivity contribution in [3.8, 4) is 5.75 Å². The highest BCUT2D eigenvalue weighted by Crippen LogP contribution is 2.31. The molecule has 2 aromatic rings. The molecule has 2 aliphatic rings. The fraction of sp³-hybridized carbons (Fsp3) is 0.409. The van der Waals surface area contributed by atoms with E-state index in [0.717, 1.165) is 0 Å². The van der Waals surface area contributed by atoms with Gasteiger partial charge >= 0.3 is 0 Å². The molecule has 160 valence electrons. The average molecular weight is 431 g/mol. The lowest BCUT2D eigenvalue weighted by atomic mass is 10.1. The third-order valence-corrected chi connectivity index (χ3v) is 7.59. The Kier molecular flexibility index (Phi) is 6.08. The van der Waals surface area contributed by atoms with Gasteiger partial charge in [0.2, 0.25) is 15.9 Å². The summed E-state index contributed by atoms with van der Waals surface area (Å²) in [5.74, 6) is 0.477. The lowest BCUT2D eigenvalue weighted by molar-refractivity contribution is -0.138. The smallest absolute Gasteiger partial charge is 0.244 e. The van der Waals surface area contributed by atoms with Gasteiger partial charge in [-0.2, -0.15) is 4.31 Å². The van der Waals surface area contributed by atoms with Crippen molar-refractivity contribution in [2.75, 3.05) is 32.8 Å². The predicted octanol–water partition coefficient (Wildman–Crippen LogP) is 2.06. The standard InChI is InChI=1S/C22H26N2O5S/c1-17-7-5-6-10-21(17)30(26,27)24-16-19(29-18-8-3-2-4-9-18)15-20(24)22(25)23-11-13-28-14-12-23/h2-10,19-20H,11-16H2,1H3/t19-,20-/m0/s1. The van der Waals surface area contributed by atoms with Gasteiger partial charge in [0.05, 0.1) is 24.7 Å². The van der Waals surface area contributed by atoms with Crippen molar-refractivity contribution in [1.82, 2.24) is 9.21 Å². The van der Waals surface area contributed by atoms with Gasteiger partial charge in [-0.3, -0.25) is 4.79 Å². The number of hydrogen-bond acceptors (Lipinski definition) is 5. The van der Waals surface area contributed by atoms with Crippen LogP contribution in [0.1, 0.15) is 12.0 Å². The average Bonchev–Trinajstić information content (AvgIpc) is 3.19. The lowest BCUT2D eigenvalue weighted by Crippen LogP contribution is -2.51. The van der Waals surface area contributed by atoms with Crippen molar-refractivity contribution in [2.45, 2.75) is 30.4 Å². The number of hydrogen-bond donors (Lipinski definition) is 0. The molecular formula is C22H26N2O5S. The maximum absolute atomic E-state index is 13.5. The number of carbonyl (C=O) groups excluding carboxylic acids is 1. The Morgan fingerprint density at radius 3 is 2.40 bits per heavy atom. The second-order valence-corrected chi connectivity index (χ2v) is 9.44. The number of ether oxygens (including phenoxy) is 2. The Morgan fingerprint density at radius 2 is 1.70 bits per heavy atom. The quantitative estimate of drug-likeness (QED) is 0.726. The van der Waals surface area contributed by atoms with Crippen LogP contribution in [-0.2, 0) is 19.6 Å². The number of benzene rings is 2. The molecule has 2 atom stereocenters. The number of aryl methyl sites for hydroxylation is 1. The van der Waals surface area contributed by atoms with Gasteiger partial charge in [-0.25, -0.2) is 8.42 Å². The third kappa shape index (κ3) is 4.21. The van der Waals surface area contributed by atoms with Crippen molar-refractivity contribution in [3.05, 3.63) is 60.2 Å². The van der Waals surface area contributed by atoms with E-state index in [1.807, 2.05) is 30.3 Å². The summed E-state index contributed by atoms with van der Waals surface area (Å²) in [6.45, 7) is 3.77. The Bertz CT molecular complexity index is 990. The Balaban J connectivity index is 1.63. The second-order valence-electron chi connectivity index (χ2n) is 7.58. The fourth-order valence-corrected chi connectivity index (χ4v) is 5.85. The highest BCUT2D eigenvalue weighted by atomic mass is 32.2. The van der Waals surface area contributed by atoms with Crippen LogP contribution in [0.15, 0.2) is 59.5 Å². The van der Waals surface area contributed by atoms with Crippen LogP contribution in [0.25, 0.3) is 0 Å². The zero-order chi connectivity index (χ0) is 21.1. The second kappa shape index (κ2) is 8.75. The largest absolute Gasteiger partial charge is 0.489 e. The lowest BCUT2D eigenvalue weighted by Gasteiger charge is -2.32. The van der Waals surface area contributed by atoms with Crippen LogP contribution in [0, 0.1) is 6.92 Å². The van der Waals surface area contributed by atoms with Gasteiger partial charge in [0.1, 0.15) is 17.9 Å². The molecule has 0 unspecified atom stereocenters. The molecule has 0 aromatic heterocycles. The minimum absolute atomic E-state index is 0.131. The molecule has 30 heavy (non-hydrogen) atoms. The molecule has 0 saturated carbocycles. The van der Waals surface area contributed by atoms with Crippen LogP contribution in [-0.4, -0.2) is 68.5 Å². The normalized spacial score (nSPS) is 22.8. The third-order valence-electron chi connectivity index (χ3n) is 5.55. The van der Waals surface area contributed by atoms with Crippen LogP contribution in [0.2, 0.25) is 0 Å². The number of carbonyl (C=O) groups is 1. The minimum Gasteiger partial charge on any atom is -0.489 e. The van der Waals surface area contributed by atoms with Gasteiger partial charge < -0.3 is 14.4 Å². The summed E-state index contributed by atoms with van der Waals surface area (Å²) in [4.78, 5) is 15.2. The molecule has 2 heterocycles. The molecule has 1 amide bonds. The molecule has 0 N–H and O–H groups in total. The fourth-order valence-electron chi connectivity index (χ4n) is 4.00. The van der Waals surface area contributed by atoms with Crippen molar-refractivity contribution in [3.63, 3.8) is 0 Å². The van der Waals surface area contributed by atoms with E-state index in [2.05, 4.69) is 0 Å². The highest BCUT2D eigenvalue weighted by molar-refractivity contribution is 7.89. The first-order valence-electron chi connectivity index (χ1n) is 10.1. The van der Waals surface area contributed by atoms with Gasteiger partial charge in [0.25, 0.3) is 0 Å². The summed E-state index contributed by atoms with van der Waals surface area (Å²) in [5.41, 5.74) is 0.655. The molecule has 4 rings (SSSR count). The van der Waals surface area contributed by atoms with Gasteiger partial charge in [-0.05, 0) is 30.7 Å². The van der Waals surface area contributed by atoms with E-state index in [0.29, 0.717) is 44.0 Å². The molecule has 0 radical (unpaired) electrons. The van der Waals surface area contributed by atoms with Crippen LogP contribution in [0.5, 0.6) is 5.75 Å². The number of rotatable bonds is 5. The number of para-hydroxylation sites is 1. The Hall–Kier alpha value is -2.42. The molecule has 0 bridgehead atoms. The highest BCUT2D eigenvalue weighted by Gasteiger charge is 2.46. The summed E-state index contributed by atoms with van der Waals surface area (Å²) in [6.07, 6.45) is -0.0860. The SMILES string of the molecule is Cc1ccccc1S(=O)(=O)N1C[C@@H](Oc2ccccc2)C[C@H]1C(=O)N1CCOCC1. The van der Waals surface area contributed by atoms with Crippen LogP contribution in [0.4, 0.5) is 0 Å². The van der Waals surface area contributed by atoms with Crippen molar-refractivity contribution < 1.29 is 22.7 Å². The number of morpholine rings is 1. The van der Waals surface area contributed by atoms with Crippen molar-refractivity contribution >= 4 is 15.9 Å². The number of amides is 1. The minimum atomic E-state index is -3.85. The molecule has 2 saturated heterocycles. The van der Waals surface area contributed by atoms with E-state index in [-0.39, 0.29) is 17.3 Å². The van der Waals surface area contributed by atoms with Gasteiger partial charge in [-0.15, -0.1) is 0 Å². The molecule has 8 heteroatoms. The molecular weight excluding hydrogens is 404 g/mol. The van der Waals surface area contributed by atoms with E-state index in [4.69, 9.17) is 9.47 Å². The van der Waals surface area contributed by atoms with Gasteiger partial charge in [0.15, 0.2) is 0 Å². The van der Waals surface area contributed by atoms with Crippen molar-refractivity contribution in [2.24, 2.45) is 0 Å². The Labute approximate surface area is 177 Å². The zero-order valence-corrected chi connectivity index (χ0v) is 17.8. The maximum Gasteiger partial charge on any atom is 0.244 e. The van der Waals surface area contributed by atoms with Crippen molar-refractivity contribution in [1.29, 1.82) is 0 Å². The summed E-state index contributed by atoms with van der Waals surface area (Å²) in [6, 6.07) is 15.3. The van der Waals surface area contributed by atoms with Crippen LogP contribution < -0.4 is 4.74 Å². The topological polar surface area (TPSA) is 76.2 Å². The van der Waals surface area contributed by atoms with Gasteiger partial charge in [0, 0.05) is 19.5 Å². The molecule has 7 nitrogen and oxygen atoms in total. The van der Waals surface area contributed by atoms with E-state index < -0.39 is 22.2 Å². The van der Waals surface area contributed by atoms with Crippen LogP contribution >= 0.6 is 0 Å². The van der Waals surface area contributed by atoms with E-state index >= 15 is 0 Å². The number of sulfonamides is 1. The molecule has 2 aliphatic heterocycles. The zero-order valence-electron chi connectivity index (χ0n) is 16.9. The molecule has 0 spiro atoms. The number of nitrogens with zero attached hydrogens (tertiary/aromatic N) is 2. The summed E-state index contributed by atoms with van der Waals surface area (Å²) < 4.78 is 39.7. The first-order chi connectivity index (χ1) is 14.5. The molecule has 2 fully saturated rings. The first kappa shape index (κ1) is 20.8. The van der Waals surface area contributed by atoms with E-state index in [1.165, 1.54) is 4.31 Å². The predicted molar refractivity (Wildman–Crippen MR) is 112 cm³/mol. The first-order valence-corrected chi connectivity index (χ1v) is 11.6. The van der Waals surface area contributed by atoms with Crippen LogP contribution in [0.3, 0.4) is 0 Å². The molecule has 2 aromatic carbocycles. The summed E-state index contributed by atoms with van der Waals surface area (Å²) >= 11 is 0.